The summed E-state index contributed by atoms with van der Waals surface area (Å²) in [5.74, 6) is 0.636. The van der Waals surface area contributed by atoms with Gasteiger partial charge in [-0.05, 0) is 36.8 Å². The van der Waals surface area contributed by atoms with Crippen molar-refractivity contribution in [3.8, 4) is 23.0 Å². The summed E-state index contributed by atoms with van der Waals surface area (Å²) in [6.07, 6.45) is -0.741. The molecule has 2 aromatic carbocycles. The molecule has 0 saturated heterocycles. The molecule has 2 rings (SSSR count). The number of aliphatic hydroxyl groups excluding tert-OH is 1. The van der Waals surface area contributed by atoms with Crippen LogP contribution in [0, 0.1) is 5.82 Å². The van der Waals surface area contributed by atoms with E-state index in [1.807, 2.05) is 0 Å². The van der Waals surface area contributed by atoms with E-state index >= 15 is 0 Å². The highest BCUT2D eigenvalue weighted by atomic mass is 19.1. The van der Waals surface area contributed by atoms with E-state index in [1.54, 1.807) is 31.2 Å². The Bertz CT molecular complexity index is 603. The molecule has 0 heterocycles. The van der Waals surface area contributed by atoms with E-state index in [2.05, 4.69) is 0 Å². The van der Waals surface area contributed by atoms with Crippen molar-refractivity contribution < 1.29 is 23.7 Å². The molecule has 0 aliphatic rings. The van der Waals surface area contributed by atoms with Crippen molar-refractivity contribution in [3.63, 3.8) is 0 Å². The SMILES string of the molecule is COc1cccc(OC)c1Oc1ccc([C@@H](C)O)cc1F. The van der Waals surface area contributed by atoms with E-state index in [9.17, 15) is 9.50 Å². The third-order valence-electron chi connectivity index (χ3n) is 3.03. The molecule has 0 aliphatic carbocycles. The maximum absolute atomic E-state index is 14.0. The average molecular weight is 292 g/mol. The predicted octanol–water partition coefficient (Wildman–Crippen LogP) is 3.69. The van der Waals surface area contributed by atoms with Gasteiger partial charge in [-0.1, -0.05) is 12.1 Å². The van der Waals surface area contributed by atoms with Gasteiger partial charge in [0, 0.05) is 0 Å². The Morgan fingerprint density at radius 3 is 2.10 bits per heavy atom. The van der Waals surface area contributed by atoms with Crippen molar-refractivity contribution in [1.82, 2.24) is 0 Å². The minimum absolute atomic E-state index is 0.0298. The molecule has 0 amide bonds. The Morgan fingerprint density at radius 2 is 1.62 bits per heavy atom. The Balaban J connectivity index is 2.38. The van der Waals surface area contributed by atoms with Gasteiger partial charge in [-0.25, -0.2) is 4.39 Å². The number of methoxy groups -OCH3 is 2. The van der Waals surface area contributed by atoms with E-state index in [1.165, 1.54) is 26.4 Å². The van der Waals surface area contributed by atoms with Gasteiger partial charge in [-0.3, -0.25) is 0 Å². The van der Waals surface area contributed by atoms with Crippen molar-refractivity contribution in [1.29, 1.82) is 0 Å². The summed E-state index contributed by atoms with van der Waals surface area (Å²) in [6.45, 7) is 1.57. The minimum Gasteiger partial charge on any atom is -0.493 e. The van der Waals surface area contributed by atoms with Gasteiger partial charge in [0.1, 0.15) is 0 Å². The highest BCUT2D eigenvalue weighted by Gasteiger charge is 2.15. The molecule has 0 unspecified atom stereocenters. The van der Waals surface area contributed by atoms with E-state index in [4.69, 9.17) is 14.2 Å². The van der Waals surface area contributed by atoms with Crippen LogP contribution in [-0.4, -0.2) is 19.3 Å². The second kappa shape index (κ2) is 6.45. The Labute approximate surface area is 122 Å². The van der Waals surface area contributed by atoms with Gasteiger partial charge in [0.15, 0.2) is 23.1 Å². The largest absolute Gasteiger partial charge is 0.493 e. The lowest BCUT2D eigenvalue weighted by Crippen LogP contribution is -1.97. The second-order valence-electron chi connectivity index (χ2n) is 4.46. The van der Waals surface area contributed by atoms with Crippen LogP contribution in [0.15, 0.2) is 36.4 Å². The zero-order valence-electron chi connectivity index (χ0n) is 12.1. The third-order valence-corrected chi connectivity index (χ3v) is 3.03. The molecule has 1 N–H and O–H groups in total. The van der Waals surface area contributed by atoms with Gasteiger partial charge < -0.3 is 19.3 Å². The molecule has 0 spiro atoms. The maximum atomic E-state index is 14.0. The molecule has 21 heavy (non-hydrogen) atoms. The normalized spacial score (nSPS) is 11.9. The minimum atomic E-state index is -0.741. The number of para-hydroxylation sites is 1. The molecule has 1 atom stereocenters. The summed E-state index contributed by atoms with van der Waals surface area (Å²) in [6, 6.07) is 9.44. The van der Waals surface area contributed by atoms with Crippen molar-refractivity contribution in [2.24, 2.45) is 0 Å². The number of halogens is 1. The van der Waals surface area contributed by atoms with E-state index < -0.39 is 11.9 Å². The summed E-state index contributed by atoms with van der Waals surface area (Å²) in [4.78, 5) is 0. The van der Waals surface area contributed by atoms with Crippen LogP contribution in [0.4, 0.5) is 4.39 Å². The molecular formula is C16H17FO4. The molecule has 0 aliphatic heterocycles. The molecular weight excluding hydrogens is 275 g/mol. The molecule has 2 aromatic rings. The molecule has 5 heteroatoms. The quantitative estimate of drug-likeness (QED) is 0.913. The molecule has 4 nitrogen and oxygen atoms in total. The van der Waals surface area contributed by atoms with Crippen LogP contribution < -0.4 is 14.2 Å². The first-order valence-electron chi connectivity index (χ1n) is 6.43. The van der Waals surface area contributed by atoms with Crippen molar-refractivity contribution in [2.75, 3.05) is 14.2 Å². The smallest absolute Gasteiger partial charge is 0.211 e. The lowest BCUT2D eigenvalue weighted by atomic mass is 10.1. The van der Waals surface area contributed by atoms with Crippen LogP contribution in [0.25, 0.3) is 0 Å². The number of ether oxygens (including phenoxy) is 3. The standard InChI is InChI=1S/C16H17FO4/c1-10(18)11-7-8-13(12(17)9-11)21-16-14(19-2)5-4-6-15(16)20-3/h4-10,18H,1-3H3/t10-/m1/s1. The Morgan fingerprint density at radius 1 is 1.00 bits per heavy atom. The van der Waals surface area contributed by atoms with Gasteiger partial charge in [-0.2, -0.15) is 0 Å². The van der Waals surface area contributed by atoms with Crippen molar-refractivity contribution in [2.45, 2.75) is 13.0 Å². The molecule has 0 radical (unpaired) electrons. The van der Waals surface area contributed by atoms with Crippen molar-refractivity contribution >= 4 is 0 Å². The summed E-state index contributed by atoms with van der Waals surface area (Å²) in [5, 5.41) is 9.45. The van der Waals surface area contributed by atoms with Crippen LogP contribution in [0.1, 0.15) is 18.6 Å². The Hall–Kier alpha value is -2.27. The highest BCUT2D eigenvalue weighted by molar-refractivity contribution is 5.53. The number of hydrogen-bond donors (Lipinski definition) is 1. The first-order chi connectivity index (χ1) is 10.1. The van der Waals surface area contributed by atoms with Gasteiger partial charge in [-0.15, -0.1) is 0 Å². The van der Waals surface area contributed by atoms with Crippen LogP contribution in [0.2, 0.25) is 0 Å². The fourth-order valence-electron chi connectivity index (χ4n) is 1.89. The highest BCUT2D eigenvalue weighted by Crippen LogP contribution is 2.40. The van der Waals surface area contributed by atoms with Gasteiger partial charge in [0.05, 0.1) is 20.3 Å². The first-order valence-corrected chi connectivity index (χ1v) is 6.43. The second-order valence-corrected chi connectivity index (χ2v) is 4.46. The summed E-state index contributed by atoms with van der Waals surface area (Å²) in [7, 11) is 2.99. The molecule has 112 valence electrons. The zero-order valence-corrected chi connectivity index (χ0v) is 12.1. The number of aliphatic hydroxyl groups is 1. The lowest BCUT2D eigenvalue weighted by molar-refractivity contribution is 0.198. The van der Waals surface area contributed by atoms with Gasteiger partial charge >= 0.3 is 0 Å². The fraction of sp³-hybridized carbons (Fsp3) is 0.250. The van der Waals surface area contributed by atoms with Crippen LogP contribution in [-0.2, 0) is 0 Å². The number of benzene rings is 2. The van der Waals surface area contributed by atoms with E-state index in [0.29, 0.717) is 22.8 Å². The summed E-state index contributed by atoms with van der Waals surface area (Å²) >= 11 is 0. The van der Waals surface area contributed by atoms with E-state index in [-0.39, 0.29) is 5.75 Å². The summed E-state index contributed by atoms with van der Waals surface area (Å²) in [5.41, 5.74) is 0.479. The van der Waals surface area contributed by atoms with Crippen LogP contribution in [0.5, 0.6) is 23.0 Å². The molecule has 0 bridgehead atoms. The predicted molar refractivity (Wildman–Crippen MR) is 76.7 cm³/mol. The summed E-state index contributed by atoms with van der Waals surface area (Å²) < 4.78 is 30.0. The fourth-order valence-corrected chi connectivity index (χ4v) is 1.89. The third kappa shape index (κ3) is 3.25. The van der Waals surface area contributed by atoms with Gasteiger partial charge in [0.2, 0.25) is 5.75 Å². The monoisotopic (exact) mass is 292 g/mol. The topological polar surface area (TPSA) is 47.9 Å². The molecule has 0 aromatic heterocycles. The van der Waals surface area contributed by atoms with Crippen LogP contribution in [0.3, 0.4) is 0 Å². The Kier molecular flexibility index (Phi) is 4.65. The van der Waals surface area contributed by atoms with Crippen LogP contribution >= 0.6 is 0 Å². The maximum Gasteiger partial charge on any atom is 0.211 e. The number of rotatable bonds is 5. The lowest BCUT2D eigenvalue weighted by Gasteiger charge is -2.15. The van der Waals surface area contributed by atoms with Crippen molar-refractivity contribution in [3.05, 3.63) is 47.8 Å². The van der Waals surface area contributed by atoms with Gasteiger partial charge in [0.25, 0.3) is 0 Å². The first kappa shape index (κ1) is 15.1. The van der Waals surface area contributed by atoms with E-state index in [0.717, 1.165) is 0 Å². The zero-order chi connectivity index (χ0) is 15.4. The molecule has 0 fully saturated rings. The molecule has 0 saturated carbocycles. The average Bonchev–Trinajstić information content (AvgIpc) is 2.49. The number of hydrogen-bond acceptors (Lipinski definition) is 4.